The van der Waals surface area contributed by atoms with Gasteiger partial charge in [0, 0.05) is 24.4 Å². The highest BCUT2D eigenvalue weighted by Gasteiger charge is 2.11. The summed E-state index contributed by atoms with van der Waals surface area (Å²) in [6, 6.07) is 22.1. The van der Waals surface area contributed by atoms with Gasteiger partial charge in [-0.15, -0.1) is 0 Å². The van der Waals surface area contributed by atoms with Gasteiger partial charge in [0.25, 0.3) is 5.91 Å². The molecule has 1 heterocycles. The fourth-order valence-corrected chi connectivity index (χ4v) is 2.45. The number of hydrogen-bond donors (Lipinski definition) is 2. The van der Waals surface area contributed by atoms with E-state index in [1.807, 2.05) is 60.7 Å². The number of pyridine rings is 1. The maximum Gasteiger partial charge on any atom is 0.251 e. The monoisotopic (exact) mass is 348 g/mol. The number of aromatic nitrogens is 1. The minimum Gasteiger partial charge on any atom is -0.473 e. The Morgan fingerprint density at radius 3 is 2.46 bits per heavy atom. The summed E-state index contributed by atoms with van der Waals surface area (Å²) in [5.74, 6) is 0.0945. The van der Waals surface area contributed by atoms with Crippen LogP contribution in [0, 0.1) is 0 Å². The van der Waals surface area contributed by atoms with Gasteiger partial charge in [0.2, 0.25) is 5.88 Å². The van der Waals surface area contributed by atoms with Crippen molar-refractivity contribution in [3.05, 3.63) is 95.7 Å². The summed E-state index contributed by atoms with van der Waals surface area (Å²) < 4.78 is 5.64. The van der Waals surface area contributed by atoms with E-state index < -0.39 is 6.10 Å². The molecule has 0 saturated heterocycles. The minimum atomic E-state index is -0.754. The number of rotatable bonds is 7. The second-order valence-electron chi connectivity index (χ2n) is 5.79. The van der Waals surface area contributed by atoms with Gasteiger partial charge in [0.1, 0.15) is 6.61 Å². The van der Waals surface area contributed by atoms with Crippen LogP contribution in [-0.4, -0.2) is 22.5 Å². The Morgan fingerprint density at radius 2 is 1.73 bits per heavy atom. The molecule has 26 heavy (non-hydrogen) atoms. The molecule has 0 radical (unpaired) electrons. The molecule has 0 aliphatic carbocycles. The SMILES string of the molecule is O=C(NC[C@H](O)c1ccccc1)c1ccnc(OCc2ccccc2)c1. The Balaban J connectivity index is 1.56. The van der Waals surface area contributed by atoms with Crippen LogP contribution in [0.15, 0.2) is 79.0 Å². The predicted octanol–water partition coefficient (Wildman–Crippen LogP) is 3.12. The van der Waals surface area contributed by atoms with Gasteiger partial charge in [-0.2, -0.15) is 0 Å². The molecule has 0 aliphatic heterocycles. The Labute approximate surface area is 152 Å². The molecule has 1 atom stereocenters. The van der Waals surface area contributed by atoms with Crippen molar-refractivity contribution in [3.63, 3.8) is 0 Å². The largest absolute Gasteiger partial charge is 0.473 e. The molecule has 0 spiro atoms. The van der Waals surface area contributed by atoms with Crippen molar-refractivity contribution in [2.24, 2.45) is 0 Å². The highest BCUT2D eigenvalue weighted by molar-refractivity contribution is 5.94. The van der Waals surface area contributed by atoms with Gasteiger partial charge >= 0.3 is 0 Å². The van der Waals surface area contributed by atoms with Gasteiger partial charge in [-0.1, -0.05) is 60.7 Å². The van der Waals surface area contributed by atoms with E-state index in [2.05, 4.69) is 10.3 Å². The number of nitrogens with one attached hydrogen (secondary N) is 1. The highest BCUT2D eigenvalue weighted by atomic mass is 16.5. The van der Waals surface area contributed by atoms with Crippen molar-refractivity contribution < 1.29 is 14.6 Å². The summed E-state index contributed by atoms with van der Waals surface area (Å²) >= 11 is 0. The number of carbonyl (C=O) groups excluding carboxylic acids is 1. The smallest absolute Gasteiger partial charge is 0.251 e. The normalized spacial score (nSPS) is 11.6. The zero-order valence-electron chi connectivity index (χ0n) is 14.2. The molecule has 3 aromatic rings. The van der Waals surface area contributed by atoms with Crippen LogP contribution in [0.4, 0.5) is 0 Å². The van der Waals surface area contributed by atoms with Crippen LogP contribution in [0.3, 0.4) is 0 Å². The molecule has 0 fully saturated rings. The molecule has 132 valence electrons. The van der Waals surface area contributed by atoms with Crippen LogP contribution >= 0.6 is 0 Å². The molecular formula is C21H20N2O3. The van der Waals surface area contributed by atoms with E-state index in [0.29, 0.717) is 18.1 Å². The number of nitrogens with zero attached hydrogens (tertiary/aromatic N) is 1. The number of aliphatic hydroxyl groups excluding tert-OH is 1. The third-order valence-electron chi connectivity index (χ3n) is 3.87. The summed E-state index contributed by atoms with van der Waals surface area (Å²) in [6.07, 6.45) is 0.777. The number of aliphatic hydroxyl groups is 1. The summed E-state index contributed by atoms with van der Waals surface area (Å²) in [5, 5.41) is 12.9. The van der Waals surface area contributed by atoms with Crippen LogP contribution < -0.4 is 10.1 Å². The Morgan fingerprint density at radius 1 is 1.04 bits per heavy atom. The number of carbonyl (C=O) groups is 1. The molecule has 3 rings (SSSR count). The first-order chi connectivity index (χ1) is 12.7. The molecule has 5 nitrogen and oxygen atoms in total. The van der Waals surface area contributed by atoms with Crippen molar-refractivity contribution in [3.8, 4) is 5.88 Å². The molecule has 2 aromatic carbocycles. The van der Waals surface area contributed by atoms with E-state index in [-0.39, 0.29) is 12.5 Å². The van der Waals surface area contributed by atoms with Crippen LogP contribution in [0.2, 0.25) is 0 Å². The quantitative estimate of drug-likeness (QED) is 0.688. The van der Waals surface area contributed by atoms with E-state index in [0.717, 1.165) is 11.1 Å². The second kappa shape index (κ2) is 8.78. The molecule has 0 bridgehead atoms. The number of benzene rings is 2. The van der Waals surface area contributed by atoms with Crippen molar-refractivity contribution >= 4 is 5.91 Å². The lowest BCUT2D eigenvalue weighted by atomic mass is 10.1. The maximum atomic E-state index is 12.3. The molecule has 5 heteroatoms. The summed E-state index contributed by atoms with van der Waals surface area (Å²) in [5.41, 5.74) is 2.22. The molecule has 2 N–H and O–H groups in total. The van der Waals surface area contributed by atoms with Crippen molar-refractivity contribution in [1.82, 2.24) is 10.3 Å². The van der Waals surface area contributed by atoms with E-state index in [4.69, 9.17) is 4.74 Å². The lowest BCUT2D eigenvalue weighted by Crippen LogP contribution is -2.28. The zero-order chi connectivity index (χ0) is 18.2. The van der Waals surface area contributed by atoms with Gasteiger partial charge < -0.3 is 15.2 Å². The number of ether oxygens (including phenoxy) is 1. The fourth-order valence-electron chi connectivity index (χ4n) is 2.45. The molecule has 1 amide bonds. The summed E-state index contributed by atoms with van der Waals surface area (Å²) in [7, 11) is 0. The average molecular weight is 348 g/mol. The fraction of sp³-hybridized carbons (Fsp3) is 0.143. The number of amides is 1. The minimum absolute atomic E-state index is 0.130. The lowest BCUT2D eigenvalue weighted by Gasteiger charge is -2.12. The number of hydrogen-bond acceptors (Lipinski definition) is 4. The Hall–Kier alpha value is -3.18. The van der Waals surface area contributed by atoms with Gasteiger partial charge in [-0.25, -0.2) is 4.98 Å². The second-order valence-corrected chi connectivity index (χ2v) is 5.79. The van der Waals surface area contributed by atoms with Crippen LogP contribution in [0.25, 0.3) is 0 Å². The first-order valence-corrected chi connectivity index (χ1v) is 8.36. The Bertz CT molecular complexity index is 838. The molecule has 0 saturated carbocycles. The van der Waals surface area contributed by atoms with Crippen LogP contribution in [0.1, 0.15) is 27.6 Å². The predicted molar refractivity (Wildman–Crippen MR) is 98.7 cm³/mol. The zero-order valence-corrected chi connectivity index (χ0v) is 14.2. The first kappa shape index (κ1) is 17.6. The maximum absolute atomic E-state index is 12.3. The Kier molecular flexibility index (Phi) is 5.96. The first-order valence-electron chi connectivity index (χ1n) is 8.36. The molecule has 0 aliphatic rings. The summed E-state index contributed by atoms with van der Waals surface area (Å²) in [4.78, 5) is 16.4. The van der Waals surface area contributed by atoms with Crippen molar-refractivity contribution in [2.45, 2.75) is 12.7 Å². The lowest BCUT2D eigenvalue weighted by molar-refractivity contribution is 0.0915. The van der Waals surface area contributed by atoms with E-state index in [1.165, 1.54) is 6.20 Å². The summed E-state index contributed by atoms with van der Waals surface area (Å²) in [6.45, 7) is 0.511. The molecule has 1 aromatic heterocycles. The standard InChI is InChI=1S/C21H20N2O3/c24-19(17-9-5-2-6-10-17)14-23-21(25)18-11-12-22-20(13-18)26-15-16-7-3-1-4-8-16/h1-13,19,24H,14-15H2,(H,23,25)/t19-/m0/s1. The van der Waals surface area contributed by atoms with Gasteiger partial charge in [0.15, 0.2) is 0 Å². The van der Waals surface area contributed by atoms with E-state index >= 15 is 0 Å². The topological polar surface area (TPSA) is 71.5 Å². The van der Waals surface area contributed by atoms with Crippen molar-refractivity contribution in [2.75, 3.05) is 6.54 Å². The van der Waals surface area contributed by atoms with Crippen LogP contribution in [-0.2, 0) is 6.61 Å². The third kappa shape index (κ3) is 4.91. The van der Waals surface area contributed by atoms with E-state index in [1.54, 1.807) is 12.1 Å². The van der Waals surface area contributed by atoms with Gasteiger partial charge in [-0.3, -0.25) is 4.79 Å². The van der Waals surface area contributed by atoms with Crippen LogP contribution in [0.5, 0.6) is 5.88 Å². The van der Waals surface area contributed by atoms with Crippen molar-refractivity contribution in [1.29, 1.82) is 0 Å². The molecular weight excluding hydrogens is 328 g/mol. The highest BCUT2D eigenvalue weighted by Crippen LogP contribution is 2.13. The van der Waals surface area contributed by atoms with Gasteiger partial charge in [-0.05, 0) is 17.2 Å². The third-order valence-corrected chi connectivity index (χ3v) is 3.87. The average Bonchev–Trinajstić information content (AvgIpc) is 2.72. The van der Waals surface area contributed by atoms with E-state index in [9.17, 15) is 9.90 Å². The van der Waals surface area contributed by atoms with Gasteiger partial charge in [0.05, 0.1) is 6.10 Å². The molecule has 0 unspecified atom stereocenters.